The van der Waals surface area contributed by atoms with Crippen LogP contribution in [0, 0.1) is 13.8 Å². The van der Waals surface area contributed by atoms with E-state index in [9.17, 15) is 4.79 Å². The molecular weight excluding hydrogens is 188 g/mol. The van der Waals surface area contributed by atoms with Gasteiger partial charge in [0.05, 0.1) is 6.42 Å². The molecule has 0 aromatic heterocycles. The van der Waals surface area contributed by atoms with E-state index in [0.717, 1.165) is 11.1 Å². The third-order valence-corrected chi connectivity index (χ3v) is 2.81. The largest absolute Gasteiger partial charge is 0.481 e. The van der Waals surface area contributed by atoms with Crippen molar-refractivity contribution in [3.8, 4) is 0 Å². The molecule has 0 heterocycles. The summed E-state index contributed by atoms with van der Waals surface area (Å²) in [6.45, 7) is 8.26. The second kappa shape index (κ2) is 4.47. The Hall–Kier alpha value is -1.31. The Morgan fingerprint density at radius 3 is 2.40 bits per heavy atom. The molecule has 0 aliphatic rings. The number of carboxylic acid groups (broad SMARTS) is 1. The topological polar surface area (TPSA) is 37.3 Å². The zero-order chi connectivity index (χ0) is 11.6. The number of benzene rings is 1. The molecule has 2 nitrogen and oxygen atoms in total. The van der Waals surface area contributed by atoms with Gasteiger partial charge < -0.3 is 5.11 Å². The van der Waals surface area contributed by atoms with Crippen molar-refractivity contribution in [2.24, 2.45) is 0 Å². The van der Waals surface area contributed by atoms with Gasteiger partial charge in [0.25, 0.3) is 0 Å². The fraction of sp³-hybridized carbons (Fsp3) is 0.462. The molecule has 0 atom stereocenters. The van der Waals surface area contributed by atoms with Crippen LogP contribution in [0.2, 0.25) is 0 Å². The van der Waals surface area contributed by atoms with Gasteiger partial charge in [0.1, 0.15) is 0 Å². The van der Waals surface area contributed by atoms with Crippen LogP contribution >= 0.6 is 0 Å². The molecule has 1 aromatic rings. The predicted octanol–water partition coefficient (Wildman–Crippen LogP) is 3.05. The van der Waals surface area contributed by atoms with Crippen LogP contribution in [-0.4, -0.2) is 11.1 Å². The molecule has 2 heteroatoms. The van der Waals surface area contributed by atoms with Gasteiger partial charge in [-0.25, -0.2) is 0 Å². The van der Waals surface area contributed by atoms with Crippen molar-refractivity contribution < 1.29 is 9.90 Å². The van der Waals surface area contributed by atoms with E-state index < -0.39 is 5.97 Å². The summed E-state index contributed by atoms with van der Waals surface area (Å²) in [4.78, 5) is 10.7. The van der Waals surface area contributed by atoms with E-state index in [2.05, 4.69) is 19.9 Å². The molecule has 0 amide bonds. The average molecular weight is 206 g/mol. The van der Waals surface area contributed by atoms with E-state index in [1.807, 2.05) is 19.9 Å². The van der Waals surface area contributed by atoms with Gasteiger partial charge in [0.2, 0.25) is 0 Å². The Balaban J connectivity index is 3.18. The van der Waals surface area contributed by atoms with Crippen molar-refractivity contribution in [3.63, 3.8) is 0 Å². The van der Waals surface area contributed by atoms with Crippen LogP contribution < -0.4 is 0 Å². The van der Waals surface area contributed by atoms with Gasteiger partial charge in [-0.3, -0.25) is 4.79 Å². The summed E-state index contributed by atoms with van der Waals surface area (Å²) in [6.07, 6.45) is 0.118. The Morgan fingerprint density at radius 2 is 1.93 bits per heavy atom. The normalized spacial score (nSPS) is 10.7. The van der Waals surface area contributed by atoms with Crippen molar-refractivity contribution >= 4 is 5.97 Å². The highest BCUT2D eigenvalue weighted by Gasteiger charge is 2.09. The lowest BCUT2D eigenvalue weighted by atomic mass is 9.93. The van der Waals surface area contributed by atoms with Gasteiger partial charge in [-0.05, 0) is 42.0 Å². The van der Waals surface area contributed by atoms with E-state index in [1.165, 1.54) is 11.1 Å². The van der Waals surface area contributed by atoms with Crippen molar-refractivity contribution in [2.45, 2.75) is 40.0 Å². The van der Waals surface area contributed by atoms with Crippen molar-refractivity contribution in [1.29, 1.82) is 0 Å². The monoisotopic (exact) mass is 206 g/mol. The minimum Gasteiger partial charge on any atom is -0.481 e. The lowest BCUT2D eigenvalue weighted by Crippen LogP contribution is -2.04. The second-order valence-electron chi connectivity index (χ2n) is 4.35. The molecule has 1 aromatic carbocycles. The summed E-state index contributed by atoms with van der Waals surface area (Å²) < 4.78 is 0. The number of aliphatic carboxylic acids is 1. The van der Waals surface area contributed by atoms with Crippen LogP contribution in [0.15, 0.2) is 12.1 Å². The summed E-state index contributed by atoms with van der Waals surface area (Å²) >= 11 is 0. The van der Waals surface area contributed by atoms with E-state index >= 15 is 0 Å². The molecule has 1 N–H and O–H groups in total. The van der Waals surface area contributed by atoms with E-state index in [4.69, 9.17) is 5.11 Å². The van der Waals surface area contributed by atoms with Gasteiger partial charge in [-0.15, -0.1) is 0 Å². The molecule has 82 valence electrons. The number of hydrogen-bond donors (Lipinski definition) is 1. The summed E-state index contributed by atoms with van der Waals surface area (Å²) in [7, 11) is 0. The Labute approximate surface area is 90.9 Å². The van der Waals surface area contributed by atoms with Gasteiger partial charge >= 0.3 is 5.97 Å². The quantitative estimate of drug-likeness (QED) is 0.825. The fourth-order valence-corrected chi connectivity index (χ4v) is 1.64. The Kier molecular flexibility index (Phi) is 3.51. The van der Waals surface area contributed by atoms with Crippen LogP contribution in [-0.2, 0) is 11.2 Å². The standard InChI is InChI=1S/C13H18O2/c1-8(2)11-5-9(3)10(4)12(6-11)7-13(14)15/h5-6,8H,7H2,1-4H3,(H,14,15). The van der Waals surface area contributed by atoms with Crippen LogP contribution in [0.3, 0.4) is 0 Å². The lowest BCUT2D eigenvalue weighted by Gasteiger charge is -2.13. The molecule has 1 rings (SSSR count). The minimum absolute atomic E-state index is 0.118. The van der Waals surface area contributed by atoms with Gasteiger partial charge in [0, 0.05) is 0 Å². The Morgan fingerprint density at radius 1 is 1.33 bits per heavy atom. The second-order valence-corrected chi connectivity index (χ2v) is 4.35. The molecule has 0 saturated heterocycles. The molecule has 0 fully saturated rings. The van der Waals surface area contributed by atoms with E-state index in [1.54, 1.807) is 0 Å². The van der Waals surface area contributed by atoms with Crippen LogP contribution in [0.5, 0.6) is 0 Å². The summed E-state index contributed by atoms with van der Waals surface area (Å²) in [5.74, 6) is -0.324. The van der Waals surface area contributed by atoms with Crippen LogP contribution in [0.4, 0.5) is 0 Å². The predicted molar refractivity (Wildman–Crippen MR) is 61.3 cm³/mol. The fourth-order valence-electron chi connectivity index (χ4n) is 1.64. The van der Waals surface area contributed by atoms with Crippen LogP contribution in [0.25, 0.3) is 0 Å². The molecule has 0 spiro atoms. The molecule has 0 bridgehead atoms. The molecule has 15 heavy (non-hydrogen) atoms. The van der Waals surface area contributed by atoms with Gasteiger partial charge in [0.15, 0.2) is 0 Å². The number of aryl methyl sites for hydroxylation is 1. The molecule has 0 radical (unpaired) electrons. The first-order valence-corrected chi connectivity index (χ1v) is 5.23. The van der Waals surface area contributed by atoms with Crippen molar-refractivity contribution in [3.05, 3.63) is 34.4 Å². The molecular formula is C13H18O2. The van der Waals surface area contributed by atoms with E-state index in [0.29, 0.717) is 5.92 Å². The SMILES string of the molecule is Cc1cc(C(C)C)cc(CC(=O)O)c1C. The van der Waals surface area contributed by atoms with Crippen LogP contribution in [0.1, 0.15) is 42.0 Å². The van der Waals surface area contributed by atoms with E-state index in [-0.39, 0.29) is 6.42 Å². The number of carbonyl (C=O) groups is 1. The zero-order valence-corrected chi connectivity index (χ0v) is 9.79. The summed E-state index contributed by atoms with van der Waals surface area (Å²) in [5.41, 5.74) is 4.43. The third-order valence-electron chi connectivity index (χ3n) is 2.81. The molecule has 0 unspecified atom stereocenters. The first-order valence-electron chi connectivity index (χ1n) is 5.23. The first-order chi connectivity index (χ1) is 6.91. The van der Waals surface area contributed by atoms with Crippen molar-refractivity contribution in [1.82, 2.24) is 0 Å². The first kappa shape index (κ1) is 11.8. The highest BCUT2D eigenvalue weighted by Crippen LogP contribution is 2.22. The summed E-state index contributed by atoms with van der Waals surface area (Å²) in [5, 5.41) is 8.81. The molecule has 0 aliphatic heterocycles. The number of hydrogen-bond acceptors (Lipinski definition) is 1. The Bertz CT molecular complexity index is 378. The minimum atomic E-state index is -0.765. The smallest absolute Gasteiger partial charge is 0.307 e. The van der Waals surface area contributed by atoms with Crippen molar-refractivity contribution in [2.75, 3.05) is 0 Å². The summed E-state index contributed by atoms with van der Waals surface area (Å²) in [6, 6.07) is 4.16. The van der Waals surface area contributed by atoms with Gasteiger partial charge in [-0.1, -0.05) is 26.0 Å². The molecule has 0 aliphatic carbocycles. The zero-order valence-electron chi connectivity index (χ0n) is 9.79. The third kappa shape index (κ3) is 2.82. The maximum atomic E-state index is 10.7. The maximum absolute atomic E-state index is 10.7. The highest BCUT2D eigenvalue weighted by molar-refractivity contribution is 5.71. The maximum Gasteiger partial charge on any atom is 0.307 e. The number of rotatable bonds is 3. The number of carboxylic acids is 1. The molecule has 0 saturated carbocycles. The highest BCUT2D eigenvalue weighted by atomic mass is 16.4. The lowest BCUT2D eigenvalue weighted by molar-refractivity contribution is -0.136. The average Bonchev–Trinajstić information content (AvgIpc) is 2.11. The van der Waals surface area contributed by atoms with Gasteiger partial charge in [-0.2, -0.15) is 0 Å².